The fraction of sp³-hybridized carbons (Fsp3) is 0.111. The van der Waals surface area contributed by atoms with Gasteiger partial charge in [-0.3, -0.25) is 4.79 Å². The molecule has 2 aromatic carbocycles. The van der Waals surface area contributed by atoms with Crippen LogP contribution in [0.3, 0.4) is 0 Å². The number of fused-ring (bicyclic) bond motifs is 1. The zero-order valence-electron chi connectivity index (χ0n) is 12.8. The van der Waals surface area contributed by atoms with E-state index in [1.54, 1.807) is 19.1 Å². The molecule has 1 heterocycles. The summed E-state index contributed by atoms with van der Waals surface area (Å²) in [6.45, 7) is 1.82. The van der Waals surface area contributed by atoms with Gasteiger partial charge in [-0.05, 0) is 36.2 Å². The highest BCUT2D eigenvalue weighted by atomic mass is 79.9. The number of benzene rings is 2. The molecule has 0 unspecified atom stereocenters. The van der Waals surface area contributed by atoms with E-state index in [9.17, 15) is 14.7 Å². The Labute approximate surface area is 146 Å². The summed E-state index contributed by atoms with van der Waals surface area (Å²) in [7, 11) is 0. The van der Waals surface area contributed by atoms with Gasteiger partial charge in [0.2, 0.25) is 0 Å². The lowest BCUT2D eigenvalue weighted by atomic mass is 10.0. The van der Waals surface area contributed by atoms with Crippen LogP contribution in [0.4, 0.5) is 0 Å². The Morgan fingerprint density at radius 3 is 2.50 bits per heavy atom. The Bertz CT molecular complexity index is 977. The van der Waals surface area contributed by atoms with E-state index in [0.29, 0.717) is 10.9 Å². The van der Waals surface area contributed by atoms with Crippen molar-refractivity contribution in [3.8, 4) is 16.9 Å². The van der Waals surface area contributed by atoms with Crippen molar-refractivity contribution in [2.45, 2.75) is 6.92 Å². The van der Waals surface area contributed by atoms with Crippen LogP contribution in [-0.2, 0) is 4.74 Å². The number of nitrogens with one attached hydrogen (secondary N) is 1. The number of pyridine rings is 1. The molecule has 0 atom stereocenters. The molecule has 2 N–H and O–H groups in total. The summed E-state index contributed by atoms with van der Waals surface area (Å²) < 4.78 is 5.91. The molecule has 122 valence electrons. The van der Waals surface area contributed by atoms with E-state index in [2.05, 4.69) is 20.9 Å². The van der Waals surface area contributed by atoms with Crippen LogP contribution < -0.4 is 5.56 Å². The van der Waals surface area contributed by atoms with Crippen molar-refractivity contribution in [1.29, 1.82) is 0 Å². The molecular formula is C18H14BrNO4. The smallest absolute Gasteiger partial charge is 0.342 e. The molecule has 24 heavy (non-hydrogen) atoms. The van der Waals surface area contributed by atoms with Crippen LogP contribution in [0.15, 0.2) is 51.7 Å². The number of H-pyrrole nitrogens is 1. The Kier molecular flexibility index (Phi) is 4.40. The molecule has 0 spiro atoms. The molecule has 0 radical (unpaired) electrons. The Balaban J connectivity index is 2.21. The number of aromatic hydroxyl groups is 1. The molecule has 5 nitrogen and oxygen atoms in total. The highest BCUT2D eigenvalue weighted by Gasteiger charge is 2.20. The van der Waals surface area contributed by atoms with Crippen molar-refractivity contribution in [1.82, 2.24) is 4.98 Å². The van der Waals surface area contributed by atoms with Gasteiger partial charge in [0, 0.05) is 9.86 Å². The molecule has 1 aromatic heterocycles. The number of carbonyl (C=O) groups excluding carboxylic acids is 1. The molecule has 0 aliphatic rings. The summed E-state index contributed by atoms with van der Waals surface area (Å²) >= 11 is 3.39. The van der Waals surface area contributed by atoms with Crippen LogP contribution in [0.2, 0.25) is 0 Å². The molecule has 6 heteroatoms. The molecule has 0 aliphatic carbocycles. The number of hydrogen-bond acceptors (Lipinski definition) is 4. The van der Waals surface area contributed by atoms with Gasteiger partial charge in [-0.2, -0.15) is 0 Å². The molecule has 0 fully saturated rings. The van der Waals surface area contributed by atoms with Crippen molar-refractivity contribution in [2.75, 3.05) is 6.61 Å². The minimum Gasteiger partial charge on any atom is -0.502 e. The lowest BCUT2D eigenvalue weighted by molar-refractivity contribution is 0.0525. The highest BCUT2D eigenvalue weighted by Crippen LogP contribution is 2.28. The van der Waals surface area contributed by atoms with Crippen LogP contribution in [0.25, 0.3) is 22.0 Å². The Morgan fingerprint density at radius 1 is 1.17 bits per heavy atom. The first kappa shape index (κ1) is 16.3. The van der Waals surface area contributed by atoms with Crippen LogP contribution in [0, 0.1) is 0 Å². The molecule has 0 saturated carbocycles. The number of ether oxygens (including phenoxy) is 1. The second-order valence-corrected chi connectivity index (χ2v) is 6.08. The van der Waals surface area contributed by atoms with Gasteiger partial charge in [0.15, 0.2) is 5.75 Å². The van der Waals surface area contributed by atoms with Gasteiger partial charge >= 0.3 is 5.97 Å². The molecule has 0 aliphatic heterocycles. The maximum Gasteiger partial charge on any atom is 0.342 e. The Hall–Kier alpha value is -2.60. The number of carbonyl (C=O) groups is 1. The van der Waals surface area contributed by atoms with Gasteiger partial charge in [-0.1, -0.05) is 40.2 Å². The normalized spacial score (nSPS) is 10.8. The topological polar surface area (TPSA) is 79.4 Å². The van der Waals surface area contributed by atoms with E-state index in [1.807, 2.05) is 30.3 Å². The lowest BCUT2D eigenvalue weighted by Crippen LogP contribution is -2.14. The molecular weight excluding hydrogens is 374 g/mol. The maximum atomic E-state index is 12.1. The van der Waals surface area contributed by atoms with Crippen molar-refractivity contribution >= 4 is 32.8 Å². The van der Waals surface area contributed by atoms with Crippen molar-refractivity contribution in [3.63, 3.8) is 0 Å². The SMILES string of the molecule is CCOC(=O)c1c(O)c(=O)[nH]c2cc(-c3ccc(Br)cc3)ccc12. The molecule has 3 rings (SSSR count). The average Bonchev–Trinajstić information content (AvgIpc) is 2.56. The zero-order chi connectivity index (χ0) is 17.3. The number of aromatic nitrogens is 1. The minimum atomic E-state index is -0.724. The highest BCUT2D eigenvalue weighted by molar-refractivity contribution is 9.10. The van der Waals surface area contributed by atoms with Crippen molar-refractivity contribution < 1.29 is 14.6 Å². The summed E-state index contributed by atoms with van der Waals surface area (Å²) in [6.07, 6.45) is 0. The summed E-state index contributed by atoms with van der Waals surface area (Å²) in [5, 5.41) is 10.4. The number of esters is 1. The van der Waals surface area contributed by atoms with E-state index in [0.717, 1.165) is 15.6 Å². The van der Waals surface area contributed by atoms with E-state index in [4.69, 9.17) is 4.74 Å². The van der Waals surface area contributed by atoms with E-state index in [-0.39, 0.29) is 12.2 Å². The van der Waals surface area contributed by atoms with Gasteiger partial charge < -0.3 is 14.8 Å². The Morgan fingerprint density at radius 2 is 1.83 bits per heavy atom. The first-order chi connectivity index (χ1) is 11.5. The second kappa shape index (κ2) is 6.49. The van der Waals surface area contributed by atoms with Crippen molar-refractivity contribution in [3.05, 3.63) is 62.9 Å². The number of halogens is 1. The predicted molar refractivity (Wildman–Crippen MR) is 95.3 cm³/mol. The van der Waals surface area contributed by atoms with Gasteiger partial charge in [0.05, 0.1) is 12.1 Å². The monoisotopic (exact) mass is 387 g/mol. The summed E-state index contributed by atoms with van der Waals surface area (Å²) in [4.78, 5) is 26.6. The summed E-state index contributed by atoms with van der Waals surface area (Å²) in [5.41, 5.74) is 1.47. The van der Waals surface area contributed by atoms with Gasteiger partial charge in [-0.15, -0.1) is 0 Å². The maximum absolute atomic E-state index is 12.1. The van der Waals surface area contributed by atoms with Gasteiger partial charge in [0.25, 0.3) is 5.56 Å². The molecule has 0 amide bonds. The van der Waals surface area contributed by atoms with Crippen LogP contribution in [-0.4, -0.2) is 22.7 Å². The standard InChI is InChI=1S/C18H14BrNO4/c1-2-24-18(23)15-13-8-5-11(10-3-6-12(19)7-4-10)9-14(13)20-17(22)16(15)21/h3-9,21H,2H2,1H3,(H,20,22). The first-order valence-electron chi connectivity index (χ1n) is 7.33. The average molecular weight is 388 g/mol. The largest absolute Gasteiger partial charge is 0.502 e. The molecule has 3 aromatic rings. The molecule has 0 bridgehead atoms. The van der Waals surface area contributed by atoms with E-state index >= 15 is 0 Å². The summed E-state index contributed by atoms with van der Waals surface area (Å²) in [5.74, 6) is -1.35. The number of hydrogen-bond donors (Lipinski definition) is 2. The number of aromatic amines is 1. The predicted octanol–water partition coefficient (Wildman–Crippen LogP) is 3.84. The quantitative estimate of drug-likeness (QED) is 0.669. The van der Waals surface area contributed by atoms with Gasteiger partial charge in [-0.25, -0.2) is 4.79 Å². The lowest BCUT2D eigenvalue weighted by Gasteiger charge is -2.10. The van der Waals surface area contributed by atoms with Gasteiger partial charge in [0.1, 0.15) is 5.56 Å². The zero-order valence-corrected chi connectivity index (χ0v) is 14.4. The first-order valence-corrected chi connectivity index (χ1v) is 8.12. The minimum absolute atomic E-state index is 0.113. The summed E-state index contributed by atoms with van der Waals surface area (Å²) in [6, 6.07) is 13.0. The van der Waals surface area contributed by atoms with Crippen LogP contribution in [0.1, 0.15) is 17.3 Å². The fourth-order valence-corrected chi connectivity index (χ4v) is 2.78. The van der Waals surface area contributed by atoms with E-state index in [1.165, 1.54) is 0 Å². The third-order valence-electron chi connectivity index (χ3n) is 3.65. The number of rotatable bonds is 3. The third kappa shape index (κ3) is 2.92. The van der Waals surface area contributed by atoms with E-state index < -0.39 is 17.3 Å². The van der Waals surface area contributed by atoms with Crippen molar-refractivity contribution in [2.24, 2.45) is 0 Å². The van der Waals surface area contributed by atoms with Crippen LogP contribution in [0.5, 0.6) is 5.75 Å². The second-order valence-electron chi connectivity index (χ2n) is 5.17. The third-order valence-corrected chi connectivity index (χ3v) is 4.17. The molecule has 0 saturated heterocycles. The van der Waals surface area contributed by atoms with Crippen LogP contribution >= 0.6 is 15.9 Å². The fourth-order valence-electron chi connectivity index (χ4n) is 2.52.